The fourth-order valence-corrected chi connectivity index (χ4v) is 3.29. The maximum Gasteiger partial charge on any atom is 0.322 e. The number of carboxylic acids is 1. The van der Waals surface area contributed by atoms with Crippen LogP contribution in [-0.4, -0.2) is 72.2 Å². The second-order valence-corrected chi connectivity index (χ2v) is 5.75. The minimum absolute atomic E-state index is 0.426. The highest BCUT2D eigenvalue weighted by atomic mass is 16.4. The molecule has 2 rings (SSSR count). The molecule has 5 heteroatoms. The topological polar surface area (TPSA) is 55.8 Å². The molecule has 0 spiro atoms. The molecule has 2 fully saturated rings. The van der Waals surface area contributed by atoms with Gasteiger partial charge in [0.05, 0.1) is 0 Å². The maximum absolute atomic E-state index is 11.2. The van der Waals surface area contributed by atoms with Gasteiger partial charge in [-0.15, -0.1) is 0 Å². The van der Waals surface area contributed by atoms with E-state index in [9.17, 15) is 9.90 Å². The van der Waals surface area contributed by atoms with Crippen molar-refractivity contribution in [2.45, 2.75) is 44.7 Å². The molecular formula is C14H27N3O2. The molecule has 0 aliphatic carbocycles. The molecule has 0 amide bonds. The molecule has 2 unspecified atom stereocenters. The van der Waals surface area contributed by atoms with Crippen LogP contribution < -0.4 is 5.32 Å². The number of likely N-dealkylation sites (N-methyl/N-ethyl adjacent to an activating group) is 1. The van der Waals surface area contributed by atoms with Gasteiger partial charge in [-0.2, -0.15) is 0 Å². The molecular weight excluding hydrogens is 242 g/mol. The third-order valence-corrected chi connectivity index (χ3v) is 4.34. The van der Waals surface area contributed by atoms with Crippen LogP contribution in [0.3, 0.4) is 0 Å². The number of carbonyl (C=O) groups is 1. The Morgan fingerprint density at radius 2 is 2.05 bits per heavy atom. The summed E-state index contributed by atoms with van der Waals surface area (Å²) in [6.45, 7) is 7.83. The molecule has 19 heavy (non-hydrogen) atoms. The number of likely N-dealkylation sites (tertiary alicyclic amines) is 2. The van der Waals surface area contributed by atoms with Gasteiger partial charge in [-0.25, -0.2) is 0 Å². The molecule has 2 heterocycles. The highest BCUT2D eigenvalue weighted by Crippen LogP contribution is 2.20. The molecule has 2 aliphatic heterocycles. The summed E-state index contributed by atoms with van der Waals surface area (Å²) in [5.74, 6) is -0.733. The van der Waals surface area contributed by atoms with Crippen LogP contribution in [0.25, 0.3) is 0 Å². The lowest BCUT2D eigenvalue weighted by Crippen LogP contribution is -2.47. The Balaban J connectivity index is 1.78. The van der Waals surface area contributed by atoms with Crippen LogP contribution in [0, 0.1) is 0 Å². The van der Waals surface area contributed by atoms with Gasteiger partial charge >= 0.3 is 5.97 Å². The fraction of sp³-hybridized carbons (Fsp3) is 0.929. The van der Waals surface area contributed by atoms with Gasteiger partial charge < -0.3 is 10.4 Å². The van der Waals surface area contributed by atoms with Gasteiger partial charge in [0.1, 0.15) is 6.04 Å². The lowest BCUT2D eigenvalue weighted by molar-refractivity contribution is -0.139. The largest absolute Gasteiger partial charge is 0.480 e. The van der Waals surface area contributed by atoms with Gasteiger partial charge in [-0.3, -0.25) is 14.6 Å². The number of carboxylic acid groups (broad SMARTS) is 1. The van der Waals surface area contributed by atoms with Crippen molar-refractivity contribution in [1.29, 1.82) is 0 Å². The summed E-state index contributed by atoms with van der Waals surface area (Å²) >= 11 is 0. The van der Waals surface area contributed by atoms with Gasteiger partial charge in [0.2, 0.25) is 0 Å². The van der Waals surface area contributed by atoms with Crippen LogP contribution >= 0.6 is 0 Å². The number of piperidine rings is 1. The van der Waals surface area contributed by atoms with Crippen molar-refractivity contribution in [2.24, 2.45) is 0 Å². The molecule has 0 aromatic heterocycles. The molecule has 110 valence electrons. The molecule has 2 aliphatic rings. The molecule has 0 aromatic rings. The van der Waals surface area contributed by atoms with E-state index in [1.54, 1.807) is 0 Å². The second kappa shape index (κ2) is 7.22. The van der Waals surface area contributed by atoms with Crippen LogP contribution in [0.2, 0.25) is 0 Å². The summed E-state index contributed by atoms with van der Waals surface area (Å²) in [4.78, 5) is 16.1. The summed E-state index contributed by atoms with van der Waals surface area (Å²) in [5, 5.41) is 12.2. The van der Waals surface area contributed by atoms with E-state index in [2.05, 4.69) is 15.1 Å². The number of nitrogens with one attached hydrogen (secondary N) is 1. The van der Waals surface area contributed by atoms with Gasteiger partial charge in [-0.1, -0.05) is 13.3 Å². The quantitative estimate of drug-likeness (QED) is 0.740. The lowest BCUT2D eigenvalue weighted by atomic mass is 10.1. The van der Waals surface area contributed by atoms with Crippen molar-refractivity contribution >= 4 is 5.97 Å². The van der Waals surface area contributed by atoms with Crippen LogP contribution in [0.4, 0.5) is 0 Å². The first-order valence-corrected chi connectivity index (χ1v) is 7.63. The molecule has 0 saturated carbocycles. The minimum atomic E-state index is -0.733. The van der Waals surface area contributed by atoms with E-state index < -0.39 is 12.0 Å². The predicted octanol–water partition coefficient (Wildman–Crippen LogP) is 0.609. The molecule has 0 aromatic carbocycles. The fourth-order valence-electron chi connectivity index (χ4n) is 3.29. The smallest absolute Gasteiger partial charge is 0.322 e. The summed E-state index contributed by atoms with van der Waals surface area (Å²) in [6.07, 6.45) is 5.21. The van der Waals surface area contributed by atoms with Crippen LogP contribution in [0.15, 0.2) is 0 Å². The van der Waals surface area contributed by atoms with E-state index in [0.717, 1.165) is 13.1 Å². The Kier molecular flexibility index (Phi) is 5.60. The average Bonchev–Trinajstić information content (AvgIpc) is 2.88. The van der Waals surface area contributed by atoms with Gasteiger partial charge in [-0.05, 0) is 45.4 Å². The number of nitrogens with zero attached hydrogens (tertiary/aromatic N) is 2. The van der Waals surface area contributed by atoms with E-state index >= 15 is 0 Å². The molecule has 2 atom stereocenters. The maximum atomic E-state index is 11.2. The van der Waals surface area contributed by atoms with E-state index in [-0.39, 0.29) is 0 Å². The van der Waals surface area contributed by atoms with Crippen molar-refractivity contribution in [2.75, 3.05) is 39.3 Å². The summed E-state index contributed by atoms with van der Waals surface area (Å²) in [6, 6.07) is 0.224. The SMILES string of the molecule is CCNC(CN1CCC(N2CCCCC2)C1)C(=O)O. The first-order chi connectivity index (χ1) is 9.20. The van der Waals surface area contributed by atoms with Crippen molar-refractivity contribution in [1.82, 2.24) is 15.1 Å². The van der Waals surface area contributed by atoms with E-state index in [1.807, 2.05) is 6.92 Å². The highest BCUT2D eigenvalue weighted by Gasteiger charge is 2.30. The Hall–Kier alpha value is -0.650. The number of hydrogen-bond acceptors (Lipinski definition) is 4. The van der Waals surface area contributed by atoms with Crippen molar-refractivity contribution in [3.05, 3.63) is 0 Å². The van der Waals surface area contributed by atoms with Crippen LogP contribution in [-0.2, 0) is 4.79 Å². The number of aliphatic carboxylic acids is 1. The van der Waals surface area contributed by atoms with E-state index in [1.165, 1.54) is 38.8 Å². The Labute approximate surface area is 115 Å². The normalized spacial score (nSPS) is 27.5. The molecule has 0 bridgehead atoms. The first-order valence-electron chi connectivity index (χ1n) is 7.63. The summed E-state index contributed by atoms with van der Waals surface area (Å²) < 4.78 is 0. The van der Waals surface area contributed by atoms with Crippen LogP contribution in [0.1, 0.15) is 32.6 Å². The zero-order valence-electron chi connectivity index (χ0n) is 12.0. The van der Waals surface area contributed by atoms with Gasteiger partial charge in [0.15, 0.2) is 0 Å². The standard InChI is InChI=1S/C14H27N3O2/c1-2-15-13(14(18)19)11-16-9-6-12(10-16)17-7-4-3-5-8-17/h12-13,15H,2-11H2,1H3,(H,18,19). The molecule has 2 N–H and O–H groups in total. The Morgan fingerprint density at radius 3 is 2.68 bits per heavy atom. The Morgan fingerprint density at radius 1 is 1.32 bits per heavy atom. The Bertz CT molecular complexity index is 292. The zero-order chi connectivity index (χ0) is 13.7. The van der Waals surface area contributed by atoms with Gasteiger partial charge in [0, 0.05) is 19.1 Å². The van der Waals surface area contributed by atoms with Gasteiger partial charge in [0.25, 0.3) is 0 Å². The van der Waals surface area contributed by atoms with Crippen molar-refractivity contribution < 1.29 is 9.90 Å². The van der Waals surface area contributed by atoms with E-state index in [0.29, 0.717) is 19.1 Å². The monoisotopic (exact) mass is 269 g/mol. The number of hydrogen-bond donors (Lipinski definition) is 2. The summed E-state index contributed by atoms with van der Waals surface area (Å²) in [7, 11) is 0. The zero-order valence-corrected chi connectivity index (χ0v) is 12.0. The highest BCUT2D eigenvalue weighted by molar-refractivity contribution is 5.73. The van der Waals surface area contributed by atoms with Crippen LogP contribution in [0.5, 0.6) is 0 Å². The molecule has 5 nitrogen and oxygen atoms in total. The lowest BCUT2D eigenvalue weighted by Gasteiger charge is -2.32. The third-order valence-electron chi connectivity index (χ3n) is 4.34. The van der Waals surface area contributed by atoms with Crippen molar-refractivity contribution in [3.8, 4) is 0 Å². The molecule has 0 radical (unpaired) electrons. The summed E-state index contributed by atoms with van der Waals surface area (Å²) in [5.41, 5.74) is 0. The first kappa shape index (κ1) is 14.8. The third kappa shape index (κ3) is 4.16. The number of rotatable bonds is 6. The average molecular weight is 269 g/mol. The van der Waals surface area contributed by atoms with Crippen molar-refractivity contribution in [3.63, 3.8) is 0 Å². The minimum Gasteiger partial charge on any atom is -0.480 e. The second-order valence-electron chi connectivity index (χ2n) is 5.75. The predicted molar refractivity (Wildman–Crippen MR) is 75.4 cm³/mol. The van der Waals surface area contributed by atoms with E-state index in [4.69, 9.17) is 0 Å². The molecule has 2 saturated heterocycles.